The number of benzene rings is 2. The summed E-state index contributed by atoms with van der Waals surface area (Å²) < 4.78 is 5.50. The van der Waals surface area contributed by atoms with Crippen molar-refractivity contribution in [3.05, 3.63) is 64.7 Å². The standard InChI is InChI=1S/C21H25NO2/c1-15(23)17-11-12-21(24-3)18(13-17)14-22(2)20-10-6-8-16-7-4-5-9-19(16)20/h4-5,7,9,11-13,20H,6,8,10,14H2,1-3H3/t20-/m1/s1. The fraction of sp³-hybridized carbons (Fsp3) is 0.381. The summed E-state index contributed by atoms with van der Waals surface area (Å²) in [7, 11) is 3.84. The molecule has 1 atom stereocenters. The van der Waals surface area contributed by atoms with Crippen molar-refractivity contribution < 1.29 is 9.53 Å². The van der Waals surface area contributed by atoms with Crippen LogP contribution in [0.2, 0.25) is 0 Å². The minimum atomic E-state index is 0.0876. The van der Waals surface area contributed by atoms with E-state index in [1.807, 2.05) is 18.2 Å². The number of rotatable bonds is 5. The van der Waals surface area contributed by atoms with Gasteiger partial charge in [-0.1, -0.05) is 24.3 Å². The Hall–Kier alpha value is -2.13. The maximum atomic E-state index is 11.7. The Labute approximate surface area is 144 Å². The van der Waals surface area contributed by atoms with Crippen LogP contribution in [0.5, 0.6) is 5.75 Å². The molecule has 2 aromatic carbocycles. The van der Waals surface area contributed by atoms with Gasteiger partial charge in [0, 0.05) is 23.7 Å². The summed E-state index contributed by atoms with van der Waals surface area (Å²) in [6, 6.07) is 14.9. The number of ether oxygens (including phenoxy) is 1. The zero-order valence-electron chi connectivity index (χ0n) is 14.7. The van der Waals surface area contributed by atoms with E-state index in [1.165, 1.54) is 30.4 Å². The lowest BCUT2D eigenvalue weighted by Gasteiger charge is -2.33. The Morgan fingerprint density at radius 2 is 2.04 bits per heavy atom. The van der Waals surface area contributed by atoms with E-state index in [1.54, 1.807) is 14.0 Å². The summed E-state index contributed by atoms with van der Waals surface area (Å²) in [5, 5.41) is 0. The number of ketones is 1. The molecule has 0 amide bonds. The van der Waals surface area contributed by atoms with E-state index in [2.05, 4.69) is 36.2 Å². The molecule has 0 fully saturated rings. The van der Waals surface area contributed by atoms with Crippen molar-refractivity contribution in [2.45, 2.75) is 38.8 Å². The molecule has 0 unspecified atom stereocenters. The molecule has 0 spiro atoms. The SMILES string of the molecule is COc1ccc(C(C)=O)cc1CN(C)[C@@H]1CCCc2ccccc21. The third-order valence-corrected chi connectivity index (χ3v) is 4.98. The molecular weight excluding hydrogens is 298 g/mol. The summed E-state index contributed by atoms with van der Waals surface area (Å²) >= 11 is 0. The molecule has 1 aliphatic carbocycles. The predicted molar refractivity (Wildman–Crippen MR) is 96.6 cm³/mol. The summed E-state index contributed by atoms with van der Waals surface area (Å²) in [4.78, 5) is 14.1. The van der Waals surface area contributed by atoms with E-state index < -0.39 is 0 Å². The maximum absolute atomic E-state index is 11.7. The molecule has 0 heterocycles. The summed E-state index contributed by atoms with van der Waals surface area (Å²) in [5.41, 5.74) is 4.71. The van der Waals surface area contributed by atoms with Gasteiger partial charge in [-0.05, 0) is 62.6 Å². The van der Waals surface area contributed by atoms with Gasteiger partial charge >= 0.3 is 0 Å². The van der Waals surface area contributed by atoms with Gasteiger partial charge in [-0.15, -0.1) is 0 Å². The Kier molecular flexibility index (Phi) is 5.00. The highest BCUT2D eigenvalue weighted by Crippen LogP contribution is 2.35. The van der Waals surface area contributed by atoms with E-state index in [9.17, 15) is 4.79 Å². The van der Waals surface area contributed by atoms with Crippen molar-refractivity contribution >= 4 is 5.78 Å². The van der Waals surface area contributed by atoms with Crippen LogP contribution in [0.3, 0.4) is 0 Å². The van der Waals surface area contributed by atoms with Gasteiger partial charge in [0.05, 0.1) is 7.11 Å². The van der Waals surface area contributed by atoms with Gasteiger partial charge in [0.2, 0.25) is 0 Å². The van der Waals surface area contributed by atoms with E-state index in [4.69, 9.17) is 4.74 Å². The van der Waals surface area contributed by atoms with Crippen molar-refractivity contribution in [3.63, 3.8) is 0 Å². The van der Waals surface area contributed by atoms with Crippen molar-refractivity contribution in [3.8, 4) is 5.75 Å². The Balaban J connectivity index is 1.86. The van der Waals surface area contributed by atoms with Gasteiger partial charge in [0.15, 0.2) is 5.78 Å². The van der Waals surface area contributed by atoms with E-state index in [0.29, 0.717) is 6.04 Å². The first kappa shape index (κ1) is 16.7. The van der Waals surface area contributed by atoms with Gasteiger partial charge in [-0.25, -0.2) is 0 Å². The highest BCUT2D eigenvalue weighted by atomic mass is 16.5. The van der Waals surface area contributed by atoms with Crippen LogP contribution in [0.1, 0.15) is 52.9 Å². The van der Waals surface area contributed by atoms with Crippen molar-refractivity contribution in [2.24, 2.45) is 0 Å². The van der Waals surface area contributed by atoms with E-state index in [-0.39, 0.29) is 5.78 Å². The number of methoxy groups -OCH3 is 1. The molecule has 3 rings (SSSR count). The molecule has 0 saturated heterocycles. The van der Waals surface area contributed by atoms with Gasteiger partial charge in [-0.2, -0.15) is 0 Å². The lowest BCUT2D eigenvalue weighted by Crippen LogP contribution is -2.27. The van der Waals surface area contributed by atoms with Crippen molar-refractivity contribution in [1.29, 1.82) is 0 Å². The molecule has 3 nitrogen and oxygen atoms in total. The van der Waals surface area contributed by atoms with Crippen LogP contribution in [0, 0.1) is 0 Å². The topological polar surface area (TPSA) is 29.5 Å². The average molecular weight is 323 g/mol. The molecular formula is C21H25NO2. The maximum Gasteiger partial charge on any atom is 0.159 e. The third-order valence-electron chi connectivity index (χ3n) is 4.98. The van der Waals surface area contributed by atoms with Crippen LogP contribution in [0.4, 0.5) is 0 Å². The zero-order chi connectivity index (χ0) is 17.1. The van der Waals surface area contributed by atoms with Crippen molar-refractivity contribution in [1.82, 2.24) is 4.90 Å². The second-order valence-electron chi connectivity index (χ2n) is 6.60. The molecule has 2 aromatic rings. The second kappa shape index (κ2) is 7.18. The highest BCUT2D eigenvalue weighted by molar-refractivity contribution is 5.94. The Bertz CT molecular complexity index is 738. The Morgan fingerprint density at radius 3 is 2.79 bits per heavy atom. The van der Waals surface area contributed by atoms with Crippen LogP contribution < -0.4 is 4.74 Å². The molecule has 126 valence electrons. The van der Waals surface area contributed by atoms with Crippen LogP contribution in [0.25, 0.3) is 0 Å². The quantitative estimate of drug-likeness (QED) is 0.764. The number of carbonyl (C=O) groups is 1. The van der Waals surface area contributed by atoms with E-state index >= 15 is 0 Å². The summed E-state index contributed by atoms with van der Waals surface area (Å²) in [6.07, 6.45) is 3.56. The molecule has 0 N–H and O–H groups in total. The fourth-order valence-electron chi connectivity index (χ4n) is 3.69. The van der Waals surface area contributed by atoms with Crippen molar-refractivity contribution in [2.75, 3.05) is 14.2 Å². The number of carbonyl (C=O) groups excluding carboxylic acids is 1. The van der Waals surface area contributed by atoms with E-state index in [0.717, 1.165) is 23.4 Å². The first-order valence-electron chi connectivity index (χ1n) is 8.56. The smallest absolute Gasteiger partial charge is 0.159 e. The average Bonchev–Trinajstić information content (AvgIpc) is 2.61. The Morgan fingerprint density at radius 1 is 1.25 bits per heavy atom. The fourth-order valence-corrected chi connectivity index (χ4v) is 3.69. The minimum absolute atomic E-state index is 0.0876. The lowest BCUT2D eigenvalue weighted by atomic mass is 9.87. The molecule has 24 heavy (non-hydrogen) atoms. The predicted octanol–water partition coefficient (Wildman–Crippen LogP) is 4.41. The van der Waals surface area contributed by atoms with Crippen LogP contribution in [0.15, 0.2) is 42.5 Å². The van der Waals surface area contributed by atoms with Gasteiger partial charge in [-0.3, -0.25) is 9.69 Å². The van der Waals surface area contributed by atoms with Gasteiger partial charge < -0.3 is 4.74 Å². The van der Waals surface area contributed by atoms with Crippen LogP contribution in [-0.2, 0) is 13.0 Å². The highest BCUT2D eigenvalue weighted by Gasteiger charge is 2.24. The zero-order valence-corrected chi connectivity index (χ0v) is 14.7. The van der Waals surface area contributed by atoms with Gasteiger partial charge in [0.25, 0.3) is 0 Å². The molecule has 0 radical (unpaired) electrons. The normalized spacial score (nSPS) is 16.8. The number of aryl methyl sites for hydroxylation is 1. The summed E-state index contributed by atoms with van der Waals surface area (Å²) in [6.45, 7) is 2.37. The number of nitrogens with zero attached hydrogens (tertiary/aromatic N) is 1. The molecule has 0 saturated carbocycles. The first-order valence-corrected chi connectivity index (χ1v) is 8.56. The second-order valence-corrected chi connectivity index (χ2v) is 6.60. The van der Waals surface area contributed by atoms with Crippen LogP contribution in [-0.4, -0.2) is 24.8 Å². The van der Waals surface area contributed by atoms with Gasteiger partial charge in [0.1, 0.15) is 5.75 Å². The molecule has 0 aliphatic heterocycles. The lowest BCUT2D eigenvalue weighted by molar-refractivity contribution is 0.101. The molecule has 3 heteroatoms. The largest absolute Gasteiger partial charge is 0.496 e. The number of hydrogen-bond donors (Lipinski definition) is 0. The molecule has 1 aliphatic rings. The first-order chi connectivity index (χ1) is 11.6. The number of hydrogen-bond acceptors (Lipinski definition) is 3. The third kappa shape index (κ3) is 3.36. The number of fused-ring (bicyclic) bond motifs is 1. The molecule has 0 aromatic heterocycles. The van der Waals surface area contributed by atoms with Crippen LogP contribution >= 0.6 is 0 Å². The molecule has 0 bridgehead atoms. The number of Topliss-reactive ketones (excluding diaryl/α,β-unsaturated/α-hetero) is 1. The monoisotopic (exact) mass is 323 g/mol. The minimum Gasteiger partial charge on any atom is -0.496 e. The summed E-state index contributed by atoms with van der Waals surface area (Å²) in [5.74, 6) is 0.931.